The molecule has 4 fully saturated rings. The summed E-state index contributed by atoms with van der Waals surface area (Å²) in [5, 5.41) is 12.3. The number of carboxylic acids is 1. The van der Waals surface area contributed by atoms with Crippen molar-refractivity contribution in [3.05, 3.63) is 30.3 Å². The van der Waals surface area contributed by atoms with Gasteiger partial charge in [-0.25, -0.2) is 13.2 Å². The third kappa shape index (κ3) is 3.69. The first-order valence-corrected chi connectivity index (χ1v) is 11.7. The number of hydrogen-bond donors (Lipinski definition) is 2. The van der Waals surface area contributed by atoms with Gasteiger partial charge in [0.2, 0.25) is 5.91 Å². The van der Waals surface area contributed by atoms with Gasteiger partial charge in [0.05, 0.1) is 10.6 Å². The second-order valence-electron chi connectivity index (χ2n) is 8.98. The van der Waals surface area contributed by atoms with Gasteiger partial charge in [-0.15, -0.1) is 0 Å². The number of sulfone groups is 1. The molecular weight excluding hydrogens is 378 g/mol. The van der Waals surface area contributed by atoms with Crippen LogP contribution in [0.1, 0.15) is 44.9 Å². The van der Waals surface area contributed by atoms with E-state index in [1.165, 1.54) is 31.4 Å². The fourth-order valence-corrected chi connectivity index (χ4v) is 7.33. The second kappa shape index (κ2) is 7.17. The first-order valence-electron chi connectivity index (χ1n) is 10.1. The Balaban J connectivity index is 1.43. The zero-order chi connectivity index (χ0) is 19.9. The number of carbonyl (C=O) groups is 2. The van der Waals surface area contributed by atoms with Crippen LogP contribution in [0.15, 0.2) is 35.2 Å². The first kappa shape index (κ1) is 19.4. The molecule has 0 radical (unpaired) electrons. The molecule has 6 nitrogen and oxygen atoms in total. The summed E-state index contributed by atoms with van der Waals surface area (Å²) in [7, 11) is -3.58. The average molecular weight is 406 g/mol. The fraction of sp³-hybridized carbons (Fsp3) is 0.619. The molecule has 28 heavy (non-hydrogen) atoms. The van der Waals surface area contributed by atoms with Gasteiger partial charge in [-0.1, -0.05) is 18.2 Å². The summed E-state index contributed by atoms with van der Waals surface area (Å²) in [5.74, 6) is 0.0726. The summed E-state index contributed by atoms with van der Waals surface area (Å²) < 4.78 is 24.9. The molecule has 4 aliphatic rings. The van der Waals surface area contributed by atoms with Crippen molar-refractivity contribution in [3.8, 4) is 0 Å². The van der Waals surface area contributed by atoms with Gasteiger partial charge in [-0.2, -0.15) is 0 Å². The van der Waals surface area contributed by atoms with E-state index in [2.05, 4.69) is 5.32 Å². The Hall–Kier alpha value is -1.89. The van der Waals surface area contributed by atoms with E-state index in [9.17, 15) is 23.1 Å². The lowest BCUT2D eigenvalue weighted by Gasteiger charge is -2.55. The van der Waals surface area contributed by atoms with Crippen molar-refractivity contribution in [3.63, 3.8) is 0 Å². The van der Waals surface area contributed by atoms with Gasteiger partial charge >= 0.3 is 5.97 Å². The normalized spacial score (nSPS) is 32.1. The second-order valence-corrected chi connectivity index (χ2v) is 11.1. The van der Waals surface area contributed by atoms with E-state index >= 15 is 0 Å². The third-order valence-corrected chi connectivity index (χ3v) is 8.66. The minimum atomic E-state index is -3.58. The zero-order valence-electron chi connectivity index (χ0n) is 15.8. The molecule has 0 aliphatic heterocycles. The van der Waals surface area contributed by atoms with Gasteiger partial charge in [0.1, 0.15) is 6.04 Å². The van der Waals surface area contributed by atoms with Crippen molar-refractivity contribution in [2.24, 2.45) is 23.2 Å². The standard InChI is InChI=1S/C21H27NO5S/c23-19(24)18(6-7-28(26,27)17-4-2-1-3-5-17)22-20(25)21-11-14-8-15(12-21)10-16(9-14)13-21/h1-5,14-16,18H,6-13H2,(H,22,25)(H,23,24)/t14?,15?,16?,18-,21?/m0/s1. The summed E-state index contributed by atoms with van der Waals surface area (Å²) in [6.07, 6.45) is 6.00. The molecule has 1 atom stereocenters. The van der Waals surface area contributed by atoms with Gasteiger partial charge in [0, 0.05) is 5.41 Å². The first-order chi connectivity index (χ1) is 13.3. The molecule has 5 rings (SSSR count). The molecule has 1 aromatic rings. The van der Waals surface area contributed by atoms with Crippen LogP contribution >= 0.6 is 0 Å². The van der Waals surface area contributed by atoms with Crippen LogP contribution in [0, 0.1) is 23.2 Å². The van der Waals surface area contributed by atoms with E-state index in [1.54, 1.807) is 18.2 Å². The SMILES string of the molecule is O=C(O)[C@H](CCS(=O)(=O)c1ccccc1)NC(=O)C12CC3CC(CC(C3)C1)C2. The van der Waals surface area contributed by atoms with E-state index in [1.807, 2.05) is 0 Å². The van der Waals surface area contributed by atoms with Crippen LogP contribution < -0.4 is 5.32 Å². The monoisotopic (exact) mass is 405 g/mol. The number of carboxylic acid groups (broad SMARTS) is 1. The van der Waals surface area contributed by atoms with Gasteiger partial charge in [-0.05, 0) is 74.8 Å². The molecule has 0 unspecified atom stereocenters. The van der Waals surface area contributed by atoms with E-state index in [4.69, 9.17) is 0 Å². The van der Waals surface area contributed by atoms with Crippen LogP contribution in [-0.2, 0) is 19.4 Å². The van der Waals surface area contributed by atoms with Crippen molar-refractivity contribution >= 4 is 21.7 Å². The molecule has 4 aliphatic carbocycles. The van der Waals surface area contributed by atoms with Gasteiger partial charge in [0.15, 0.2) is 9.84 Å². The fourth-order valence-electron chi connectivity index (χ4n) is 5.98. The Bertz CT molecular complexity index is 829. The van der Waals surface area contributed by atoms with Crippen molar-refractivity contribution in [2.45, 2.75) is 55.9 Å². The summed E-state index contributed by atoms with van der Waals surface area (Å²) in [4.78, 5) is 25.0. The van der Waals surface area contributed by atoms with E-state index in [0.717, 1.165) is 19.3 Å². The lowest BCUT2D eigenvalue weighted by molar-refractivity contribution is -0.151. The van der Waals surface area contributed by atoms with Gasteiger partial charge < -0.3 is 10.4 Å². The Labute approximate surface area is 165 Å². The number of carbonyl (C=O) groups excluding carboxylic acids is 1. The maximum Gasteiger partial charge on any atom is 0.326 e. The highest BCUT2D eigenvalue weighted by Gasteiger charge is 2.55. The average Bonchev–Trinajstić information content (AvgIpc) is 2.64. The highest BCUT2D eigenvalue weighted by atomic mass is 32.2. The molecule has 0 aromatic heterocycles. The summed E-state index contributed by atoms with van der Waals surface area (Å²) in [6, 6.07) is 6.81. The lowest BCUT2D eigenvalue weighted by Crippen LogP contribution is -2.56. The van der Waals surface area contributed by atoms with Crippen LogP contribution in [0.2, 0.25) is 0 Å². The Kier molecular flexibility index (Phi) is 4.98. The third-order valence-electron chi connectivity index (χ3n) is 6.90. The van der Waals surface area contributed by atoms with Gasteiger partial charge in [0.25, 0.3) is 0 Å². The van der Waals surface area contributed by atoms with Crippen LogP contribution in [-0.4, -0.2) is 37.2 Å². The van der Waals surface area contributed by atoms with E-state index in [0.29, 0.717) is 17.8 Å². The molecule has 2 N–H and O–H groups in total. The van der Waals surface area contributed by atoms with Crippen molar-refractivity contribution in [1.82, 2.24) is 5.32 Å². The van der Waals surface area contributed by atoms with Crippen molar-refractivity contribution < 1.29 is 23.1 Å². The van der Waals surface area contributed by atoms with Crippen LogP contribution in [0.5, 0.6) is 0 Å². The largest absolute Gasteiger partial charge is 0.480 e. The topological polar surface area (TPSA) is 101 Å². The Morgan fingerprint density at radius 1 is 1.04 bits per heavy atom. The molecule has 4 saturated carbocycles. The molecule has 0 spiro atoms. The predicted octanol–water partition coefficient (Wildman–Crippen LogP) is 2.64. The van der Waals surface area contributed by atoms with Crippen LogP contribution in [0.3, 0.4) is 0 Å². The molecular formula is C21H27NO5S. The predicted molar refractivity (Wildman–Crippen MR) is 103 cm³/mol. The number of nitrogens with one attached hydrogen (secondary N) is 1. The number of aliphatic carboxylic acids is 1. The number of amides is 1. The highest BCUT2D eigenvalue weighted by molar-refractivity contribution is 7.91. The summed E-state index contributed by atoms with van der Waals surface area (Å²) >= 11 is 0. The van der Waals surface area contributed by atoms with Crippen LogP contribution in [0.4, 0.5) is 0 Å². The number of hydrogen-bond acceptors (Lipinski definition) is 4. The van der Waals surface area contributed by atoms with Gasteiger partial charge in [-0.3, -0.25) is 4.79 Å². The molecule has 1 aromatic carbocycles. The maximum absolute atomic E-state index is 13.1. The molecule has 0 heterocycles. The number of benzene rings is 1. The Morgan fingerprint density at radius 2 is 1.57 bits per heavy atom. The zero-order valence-corrected chi connectivity index (χ0v) is 16.7. The van der Waals surface area contributed by atoms with E-state index < -0.39 is 27.3 Å². The minimum absolute atomic E-state index is 0.134. The lowest BCUT2D eigenvalue weighted by atomic mass is 9.49. The smallest absolute Gasteiger partial charge is 0.326 e. The highest BCUT2D eigenvalue weighted by Crippen LogP contribution is 2.60. The van der Waals surface area contributed by atoms with Crippen molar-refractivity contribution in [1.29, 1.82) is 0 Å². The minimum Gasteiger partial charge on any atom is -0.480 e. The van der Waals surface area contributed by atoms with E-state index in [-0.39, 0.29) is 23.0 Å². The molecule has 152 valence electrons. The summed E-state index contributed by atoms with van der Waals surface area (Å²) in [5.41, 5.74) is -0.444. The maximum atomic E-state index is 13.1. The quantitative estimate of drug-likeness (QED) is 0.726. The number of rotatable bonds is 7. The van der Waals surface area contributed by atoms with Crippen molar-refractivity contribution in [2.75, 3.05) is 5.75 Å². The molecule has 4 bridgehead atoms. The summed E-state index contributed by atoms with van der Waals surface area (Å²) in [6.45, 7) is 0. The molecule has 7 heteroatoms. The van der Waals surface area contributed by atoms with Crippen LogP contribution in [0.25, 0.3) is 0 Å². The molecule has 0 saturated heterocycles. The molecule has 1 amide bonds. The Morgan fingerprint density at radius 3 is 2.07 bits per heavy atom.